The molecular formula is C37H52F3N7O2. The van der Waals surface area contributed by atoms with Crippen molar-refractivity contribution in [1.82, 2.24) is 0 Å². The maximum Gasteiger partial charge on any atom is 0.416 e. The van der Waals surface area contributed by atoms with Crippen LogP contribution in [0.15, 0.2) is 70.8 Å². The number of likely N-dealkylation sites (N-methyl/N-ethyl adjacent to an activating group) is 1. The summed E-state index contributed by atoms with van der Waals surface area (Å²) < 4.78 is 42.0. The Labute approximate surface area is 287 Å². The molecule has 0 saturated heterocycles. The lowest BCUT2D eigenvalue weighted by Gasteiger charge is -2.34. The van der Waals surface area contributed by atoms with Crippen LogP contribution in [0, 0.1) is 5.92 Å². The number of aliphatic imine (C=N–C) groups is 2. The molecule has 268 valence electrons. The number of para-hydroxylation sites is 1. The highest BCUT2D eigenvalue weighted by Crippen LogP contribution is 2.30. The molecule has 2 aromatic carbocycles. The van der Waals surface area contributed by atoms with Crippen molar-refractivity contribution < 1.29 is 32.4 Å². The molecule has 3 aromatic rings. The lowest BCUT2D eigenvalue weighted by molar-refractivity contribution is -0.907. The fourth-order valence-electron chi connectivity index (χ4n) is 6.82. The normalized spacial score (nSPS) is 16.6. The van der Waals surface area contributed by atoms with Crippen LogP contribution in [0.25, 0.3) is 10.9 Å². The lowest BCUT2D eigenvalue weighted by Crippen LogP contribution is -2.51. The molecule has 6 N–H and O–H groups in total. The highest BCUT2D eigenvalue weighted by atomic mass is 19.4. The summed E-state index contributed by atoms with van der Waals surface area (Å²) in [5, 5.41) is 27.9. The molecule has 1 aliphatic rings. The van der Waals surface area contributed by atoms with Crippen LogP contribution in [0.4, 0.5) is 18.9 Å². The van der Waals surface area contributed by atoms with Crippen molar-refractivity contribution in [2.75, 3.05) is 39.8 Å². The van der Waals surface area contributed by atoms with Crippen molar-refractivity contribution in [3.63, 3.8) is 0 Å². The van der Waals surface area contributed by atoms with E-state index in [1.165, 1.54) is 18.6 Å². The number of benzene rings is 2. The number of quaternary nitrogens is 1. The number of nitrogens with zero attached hydrogens (tertiary/aromatic N) is 4. The molecule has 9 nitrogen and oxygen atoms in total. The van der Waals surface area contributed by atoms with Crippen LogP contribution < -0.4 is 32.0 Å². The van der Waals surface area contributed by atoms with E-state index in [0.29, 0.717) is 54.0 Å². The Balaban J connectivity index is 1.57. The summed E-state index contributed by atoms with van der Waals surface area (Å²) in [6.45, 7) is 3.69. The number of fused-ring (bicyclic) bond motifs is 1. The number of aromatic nitrogens is 1. The van der Waals surface area contributed by atoms with Crippen LogP contribution in [0.3, 0.4) is 0 Å². The molecule has 0 aliphatic heterocycles. The summed E-state index contributed by atoms with van der Waals surface area (Å²) in [7, 11) is 2.10. The molecule has 1 aromatic heterocycles. The summed E-state index contributed by atoms with van der Waals surface area (Å²) in [4.78, 5) is 8.82. The zero-order chi connectivity index (χ0) is 35.4. The van der Waals surface area contributed by atoms with Gasteiger partial charge in [-0.2, -0.15) is 17.7 Å². The predicted molar refractivity (Wildman–Crippen MR) is 185 cm³/mol. The van der Waals surface area contributed by atoms with Crippen LogP contribution >= 0.6 is 0 Å². The summed E-state index contributed by atoms with van der Waals surface area (Å²) >= 11 is 0. The van der Waals surface area contributed by atoms with Gasteiger partial charge in [0.25, 0.3) is 0 Å². The standard InChI is InChI=1S/C37H52F3N7O2/c1-47(22-19-41,23-20-42)21-7-11-32(43)35(48)45-33(18-15-27-8-3-2-4-9-27)36(49)44-31-24-29-10-5-6-12-34(29)46(26-31)25-28-13-16-30(17-14-28)37(38,39)40/h5-6,10,12-14,16-17,24,26-27,32-33H,2-4,7-9,11,15,18-23,25,41-43H2,1H3/t32-,33-/m0/s1. The third-order valence-electron chi connectivity index (χ3n) is 9.72. The van der Waals surface area contributed by atoms with Crippen molar-refractivity contribution in [3.8, 4) is 0 Å². The average Bonchev–Trinajstić information content (AvgIpc) is 3.07. The van der Waals surface area contributed by atoms with E-state index in [1.807, 2.05) is 28.8 Å². The first-order valence-corrected chi connectivity index (χ1v) is 17.5. The smallest absolute Gasteiger partial charge is 0.416 e. The van der Waals surface area contributed by atoms with E-state index < -0.39 is 35.6 Å². The fraction of sp³-hybridized carbons (Fsp3) is 0.541. The topological polar surface area (TPSA) is 153 Å². The van der Waals surface area contributed by atoms with Gasteiger partial charge in [0, 0.05) is 36.1 Å². The Morgan fingerprint density at radius 1 is 0.939 bits per heavy atom. The van der Waals surface area contributed by atoms with E-state index in [-0.39, 0.29) is 6.54 Å². The summed E-state index contributed by atoms with van der Waals surface area (Å²) in [5.74, 6) is -0.530. The molecule has 0 amide bonds. The van der Waals surface area contributed by atoms with Crippen molar-refractivity contribution in [3.05, 3.63) is 71.9 Å². The SMILES string of the molecule is C[N+](CCN)(CCN)CCC[C@H](N)C([O-])=N[C@@H](CCC1CCCCC1)C([O-])=Nc1cc2ccccc2[n+](Cc2ccc(C(F)(F)F)cc2)c1. The molecule has 0 spiro atoms. The van der Waals surface area contributed by atoms with Crippen molar-refractivity contribution in [1.29, 1.82) is 0 Å². The molecular weight excluding hydrogens is 631 g/mol. The summed E-state index contributed by atoms with van der Waals surface area (Å²) in [6.07, 6.45) is 5.34. The van der Waals surface area contributed by atoms with Crippen molar-refractivity contribution in [2.24, 2.45) is 33.1 Å². The number of nitrogens with two attached hydrogens (primary N) is 3. The molecule has 4 rings (SSSR count). The van der Waals surface area contributed by atoms with Gasteiger partial charge in [-0.25, -0.2) is 0 Å². The fourth-order valence-corrected chi connectivity index (χ4v) is 6.82. The quantitative estimate of drug-likeness (QED) is 0.0861. The van der Waals surface area contributed by atoms with Gasteiger partial charge in [-0.05, 0) is 67.7 Å². The molecule has 0 unspecified atom stereocenters. The Bertz CT molecular complexity index is 1530. The van der Waals surface area contributed by atoms with Crippen LogP contribution in [0.5, 0.6) is 0 Å². The van der Waals surface area contributed by atoms with E-state index in [1.54, 1.807) is 12.3 Å². The second-order valence-corrected chi connectivity index (χ2v) is 13.7. The molecule has 0 radical (unpaired) electrons. The Morgan fingerprint density at radius 2 is 1.61 bits per heavy atom. The monoisotopic (exact) mass is 683 g/mol. The maximum atomic E-state index is 13.8. The Kier molecular flexibility index (Phi) is 14.0. The van der Waals surface area contributed by atoms with E-state index in [0.717, 1.165) is 74.8 Å². The van der Waals surface area contributed by atoms with Crippen molar-refractivity contribution >= 4 is 28.4 Å². The third kappa shape index (κ3) is 11.5. The predicted octanol–water partition coefficient (Wildman–Crippen LogP) is 3.54. The van der Waals surface area contributed by atoms with E-state index in [4.69, 9.17) is 17.2 Å². The van der Waals surface area contributed by atoms with Gasteiger partial charge in [-0.15, -0.1) is 0 Å². The number of alkyl halides is 3. The van der Waals surface area contributed by atoms with Gasteiger partial charge in [-0.3, -0.25) is 9.98 Å². The molecule has 49 heavy (non-hydrogen) atoms. The average molecular weight is 684 g/mol. The Morgan fingerprint density at radius 3 is 2.27 bits per heavy atom. The number of pyridine rings is 1. The van der Waals surface area contributed by atoms with E-state index >= 15 is 0 Å². The molecule has 1 heterocycles. The first kappa shape index (κ1) is 38.2. The second kappa shape index (κ2) is 17.9. The minimum Gasteiger partial charge on any atom is -0.861 e. The number of hydrogen-bond donors (Lipinski definition) is 3. The first-order chi connectivity index (χ1) is 23.4. The molecule has 1 saturated carbocycles. The van der Waals surface area contributed by atoms with Gasteiger partial charge in [0.1, 0.15) is 5.69 Å². The molecule has 1 aliphatic carbocycles. The zero-order valence-corrected chi connectivity index (χ0v) is 28.6. The van der Waals surface area contributed by atoms with E-state index in [2.05, 4.69) is 17.0 Å². The summed E-state index contributed by atoms with van der Waals surface area (Å²) in [5.41, 5.74) is 19.1. The zero-order valence-electron chi connectivity index (χ0n) is 28.6. The minimum absolute atomic E-state index is 0.271. The van der Waals surface area contributed by atoms with Crippen molar-refractivity contribution in [2.45, 2.75) is 82.6 Å². The first-order valence-electron chi connectivity index (χ1n) is 17.5. The largest absolute Gasteiger partial charge is 0.861 e. The minimum atomic E-state index is -4.42. The van der Waals surface area contributed by atoms with Crippen LogP contribution in [0.1, 0.15) is 68.9 Å². The molecule has 0 bridgehead atoms. The highest BCUT2D eigenvalue weighted by Gasteiger charge is 2.30. The highest BCUT2D eigenvalue weighted by molar-refractivity contribution is 5.86. The molecule has 1 fully saturated rings. The van der Waals surface area contributed by atoms with Gasteiger partial charge in [0.05, 0.1) is 38.3 Å². The lowest BCUT2D eigenvalue weighted by atomic mass is 9.85. The van der Waals surface area contributed by atoms with Crippen LogP contribution in [-0.2, 0) is 12.7 Å². The second-order valence-electron chi connectivity index (χ2n) is 13.7. The maximum absolute atomic E-state index is 13.8. The summed E-state index contributed by atoms with van der Waals surface area (Å²) in [6, 6.07) is 12.6. The van der Waals surface area contributed by atoms with Gasteiger partial charge >= 0.3 is 6.18 Å². The van der Waals surface area contributed by atoms with Crippen LogP contribution in [0.2, 0.25) is 0 Å². The molecule has 2 atom stereocenters. The van der Waals surface area contributed by atoms with E-state index in [9.17, 15) is 23.4 Å². The number of hydrogen-bond acceptors (Lipinski definition) is 7. The van der Waals surface area contributed by atoms with Gasteiger partial charge < -0.3 is 31.9 Å². The third-order valence-corrected chi connectivity index (χ3v) is 9.72. The molecule has 12 heteroatoms. The number of rotatable bonds is 17. The van der Waals surface area contributed by atoms with Gasteiger partial charge in [0.2, 0.25) is 5.52 Å². The van der Waals surface area contributed by atoms with Gasteiger partial charge in [0.15, 0.2) is 12.7 Å². The van der Waals surface area contributed by atoms with Gasteiger partial charge in [-0.1, -0.05) is 56.4 Å². The van der Waals surface area contributed by atoms with Crippen LogP contribution in [-0.4, -0.2) is 68.1 Å². The Hall–Kier alpha value is -3.58. The number of halogens is 3.